The second kappa shape index (κ2) is 8.33. The molecule has 158 valence electrons. The molecule has 0 bridgehead atoms. The van der Waals surface area contributed by atoms with Crippen LogP contribution in [0, 0.1) is 6.92 Å². The highest BCUT2D eigenvalue weighted by atomic mass is 32.2. The second-order valence-electron chi connectivity index (χ2n) is 7.55. The standard InChI is InChI=1S/C21H25N5O2S2/c1-15-20(16-4-7-18(8-5-16)30(3,27)28)29-21(23-15)24-17-6-9-19(22-14-17)26-12-10-25(2)11-13-26/h4-9,14H,10-13H2,1-3H3,(H,23,24). The Kier molecular flexibility index (Phi) is 5.77. The van der Waals surface area contributed by atoms with E-state index in [0.717, 1.165) is 59.0 Å². The molecule has 0 aliphatic carbocycles. The van der Waals surface area contributed by atoms with Gasteiger partial charge in [-0.25, -0.2) is 18.4 Å². The maximum absolute atomic E-state index is 11.7. The highest BCUT2D eigenvalue weighted by molar-refractivity contribution is 7.90. The van der Waals surface area contributed by atoms with Crippen LogP contribution in [0.4, 0.5) is 16.6 Å². The molecule has 1 aromatic carbocycles. The van der Waals surface area contributed by atoms with Crippen molar-refractivity contribution in [3.63, 3.8) is 0 Å². The van der Waals surface area contributed by atoms with Gasteiger partial charge in [-0.3, -0.25) is 0 Å². The van der Waals surface area contributed by atoms with Gasteiger partial charge in [-0.1, -0.05) is 23.5 Å². The lowest BCUT2D eigenvalue weighted by atomic mass is 10.2. The number of rotatable bonds is 5. The molecule has 1 aliphatic rings. The van der Waals surface area contributed by atoms with Crippen LogP contribution >= 0.6 is 11.3 Å². The number of benzene rings is 1. The van der Waals surface area contributed by atoms with Gasteiger partial charge in [0.05, 0.1) is 27.4 Å². The van der Waals surface area contributed by atoms with Crippen molar-refractivity contribution in [2.24, 2.45) is 0 Å². The zero-order valence-electron chi connectivity index (χ0n) is 17.3. The minimum atomic E-state index is -3.20. The number of thiazole rings is 1. The molecule has 7 nitrogen and oxygen atoms in total. The van der Waals surface area contributed by atoms with Crippen molar-refractivity contribution < 1.29 is 8.42 Å². The predicted molar refractivity (Wildman–Crippen MR) is 123 cm³/mol. The van der Waals surface area contributed by atoms with Gasteiger partial charge >= 0.3 is 0 Å². The number of nitrogens with one attached hydrogen (secondary N) is 1. The third kappa shape index (κ3) is 4.63. The Morgan fingerprint density at radius 3 is 2.33 bits per heavy atom. The summed E-state index contributed by atoms with van der Waals surface area (Å²) >= 11 is 1.54. The zero-order chi connectivity index (χ0) is 21.3. The highest BCUT2D eigenvalue weighted by Gasteiger charge is 2.16. The molecule has 1 N–H and O–H groups in total. The first-order chi connectivity index (χ1) is 14.3. The third-order valence-electron chi connectivity index (χ3n) is 5.17. The molecule has 0 unspecified atom stereocenters. The van der Waals surface area contributed by atoms with E-state index in [1.807, 2.05) is 37.4 Å². The van der Waals surface area contributed by atoms with Gasteiger partial charge in [-0.2, -0.15) is 0 Å². The van der Waals surface area contributed by atoms with Crippen molar-refractivity contribution in [1.29, 1.82) is 0 Å². The van der Waals surface area contributed by atoms with E-state index in [-0.39, 0.29) is 0 Å². The Bertz CT molecular complexity index is 1120. The molecule has 1 fully saturated rings. The number of pyridine rings is 1. The minimum Gasteiger partial charge on any atom is -0.354 e. The first-order valence-electron chi connectivity index (χ1n) is 9.74. The average Bonchev–Trinajstić information content (AvgIpc) is 3.09. The Morgan fingerprint density at radius 1 is 1.03 bits per heavy atom. The van der Waals surface area contributed by atoms with Crippen molar-refractivity contribution in [3.8, 4) is 10.4 Å². The predicted octanol–water partition coefficient (Wildman–Crippen LogP) is 3.41. The number of hydrogen-bond acceptors (Lipinski definition) is 8. The zero-order valence-corrected chi connectivity index (χ0v) is 18.9. The van der Waals surface area contributed by atoms with Crippen LogP contribution in [0.25, 0.3) is 10.4 Å². The summed E-state index contributed by atoms with van der Waals surface area (Å²) in [4.78, 5) is 15.2. The Hall–Kier alpha value is -2.49. The van der Waals surface area contributed by atoms with Gasteiger partial charge in [0.2, 0.25) is 0 Å². The van der Waals surface area contributed by atoms with Gasteiger partial charge in [0.1, 0.15) is 5.82 Å². The Labute approximate surface area is 181 Å². The average molecular weight is 444 g/mol. The van der Waals surface area contributed by atoms with E-state index in [1.54, 1.807) is 12.1 Å². The molecule has 4 rings (SSSR count). The van der Waals surface area contributed by atoms with E-state index in [0.29, 0.717) is 4.90 Å². The smallest absolute Gasteiger partial charge is 0.188 e. The Balaban J connectivity index is 1.47. The summed E-state index contributed by atoms with van der Waals surface area (Å²) in [7, 11) is -1.06. The van der Waals surface area contributed by atoms with E-state index in [9.17, 15) is 8.42 Å². The summed E-state index contributed by atoms with van der Waals surface area (Å²) in [5.74, 6) is 0.996. The first kappa shape index (κ1) is 20.8. The number of hydrogen-bond donors (Lipinski definition) is 1. The highest BCUT2D eigenvalue weighted by Crippen LogP contribution is 2.34. The van der Waals surface area contributed by atoms with Crippen molar-refractivity contribution in [3.05, 3.63) is 48.3 Å². The molecule has 1 saturated heterocycles. The van der Waals surface area contributed by atoms with E-state index in [1.165, 1.54) is 17.6 Å². The SMILES string of the molecule is Cc1nc(Nc2ccc(N3CCN(C)CC3)nc2)sc1-c1ccc(S(C)(=O)=O)cc1. The van der Waals surface area contributed by atoms with Crippen molar-refractivity contribution in [1.82, 2.24) is 14.9 Å². The van der Waals surface area contributed by atoms with Crippen LogP contribution in [0.3, 0.4) is 0 Å². The normalized spacial score (nSPS) is 15.4. The number of aromatic nitrogens is 2. The van der Waals surface area contributed by atoms with E-state index in [4.69, 9.17) is 0 Å². The van der Waals surface area contributed by atoms with E-state index < -0.39 is 9.84 Å². The topological polar surface area (TPSA) is 78.4 Å². The van der Waals surface area contributed by atoms with Crippen molar-refractivity contribution >= 4 is 37.8 Å². The van der Waals surface area contributed by atoms with E-state index in [2.05, 4.69) is 32.1 Å². The molecule has 2 aromatic heterocycles. The van der Waals surface area contributed by atoms with E-state index >= 15 is 0 Å². The first-order valence-corrected chi connectivity index (χ1v) is 12.4. The molecule has 0 saturated carbocycles. The van der Waals surface area contributed by atoms with Crippen LogP contribution in [-0.2, 0) is 9.84 Å². The molecule has 0 amide bonds. The number of anilines is 3. The maximum atomic E-state index is 11.7. The summed E-state index contributed by atoms with van der Waals surface area (Å²) in [5.41, 5.74) is 2.74. The van der Waals surface area contributed by atoms with Gasteiger partial charge in [0, 0.05) is 32.4 Å². The largest absolute Gasteiger partial charge is 0.354 e. The molecule has 30 heavy (non-hydrogen) atoms. The van der Waals surface area contributed by atoms with Gasteiger partial charge in [0.15, 0.2) is 15.0 Å². The van der Waals surface area contributed by atoms with Crippen LogP contribution in [0.2, 0.25) is 0 Å². The van der Waals surface area contributed by atoms with Gasteiger partial charge in [0.25, 0.3) is 0 Å². The van der Waals surface area contributed by atoms with Crippen LogP contribution < -0.4 is 10.2 Å². The lowest BCUT2D eigenvalue weighted by molar-refractivity contribution is 0.312. The van der Waals surface area contributed by atoms with Crippen LogP contribution in [0.15, 0.2) is 47.5 Å². The number of likely N-dealkylation sites (N-methyl/N-ethyl adjacent to an activating group) is 1. The number of aryl methyl sites for hydroxylation is 1. The minimum absolute atomic E-state index is 0.318. The summed E-state index contributed by atoms with van der Waals surface area (Å²) in [6, 6.07) is 11.0. The lowest BCUT2D eigenvalue weighted by Crippen LogP contribution is -2.44. The monoisotopic (exact) mass is 443 g/mol. The van der Waals surface area contributed by atoms with Gasteiger partial charge < -0.3 is 15.1 Å². The van der Waals surface area contributed by atoms with Crippen LogP contribution in [0.1, 0.15) is 5.69 Å². The molecule has 9 heteroatoms. The quantitative estimate of drug-likeness (QED) is 0.647. The van der Waals surface area contributed by atoms with Gasteiger partial charge in [-0.05, 0) is 43.8 Å². The number of nitrogens with zero attached hydrogens (tertiary/aromatic N) is 4. The second-order valence-corrected chi connectivity index (χ2v) is 10.6. The fourth-order valence-electron chi connectivity index (χ4n) is 3.38. The summed E-state index contributed by atoms with van der Waals surface area (Å²) in [6.07, 6.45) is 3.05. The van der Waals surface area contributed by atoms with Gasteiger partial charge in [-0.15, -0.1) is 0 Å². The lowest BCUT2D eigenvalue weighted by Gasteiger charge is -2.33. The Morgan fingerprint density at radius 2 is 1.73 bits per heavy atom. The molecule has 0 radical (unpaired) electrons. The molecule has 0 spiro atoms. The maximum Gasteiger partial charge on any atom is 0.188 e. The molecule has 3 heterocycles. The van der Waals surface area contributed by atoms with Crippen molar-refractivity contribution in [2.45, 2.75) is 11.8 Å². The van der Waals surface area contributed by atoms with Crippen molar-refractivity contribution in [2.75, 3.05) is 49.7 Å². The fraction of sp³-hybridized carbons (Fsp3) is 0.333. The molecule has 3 aromatic rings. The van der Waals surface area contributed by atoms with Crippen LogP contribution in [-0.4, -0.2) is 62.8 Å². The summed E-state index contributed by atoms with van der Waals surface area (Å²) < 4.78 is 23.3. The molecular formula is C21H25N5O2S2. The third-order valence-corrected chi connectivity index (χ3v) is 7.42. The molecule has 1 aliphatic heterocycles. The molecule has 0 atom stereocenters. The summed E-state index contributed by atoms with van der Waals surface area (Å²) in [5, 5.41) is 4.11. The number of piperazine rings is 1. The molecular weight excluding hydrogens is 418 g/mol. The number of sulfone groups is 1. The van der Waals surface area contributed by atoms with Crippen LogP contribution in [0.5, 0.6) is 0 Å². The fourth-order valence-corrected chi connectivity index (χ4v) is 5.00. The summed E-state index contributed by atoms with van der Waals surface area (Å²) in [6.45, 7) is 6.03.